The maximum absolute atomic E-state index is 12.4. The molecule has 2 amide bonds. The van der Waals surface area contributed by atoms with Crippen LogP contribution in [0.2, 0.25) is 0 Å². The van der Waals surface area contributed by atoms with Gasteiger partial charge >= 0.3 is 0 Å². The summed E-state index contributed by atoms with van der Waals surface area (Å²) in [5, 5.41) is 0. The molecule has 0 spiro atoms. The Morgan fingerprint density at radius 3 is 2.31 bits per heavy atom. The zero-order valence-corrected chi connectivity index (χ0v) is 18.2. The number of carbonyl (C=O) groups excluding carboxylic acids is 2. The van der Waals surface area contributed by atoms with E-state index in [-0.39, 0.29) is 22.0 Å². The molecule has 29 heavy (non-hydrogen) atoms. The summed E-state index contributed by atoms with van der Waals surface area (Å²) >= 11 is 1.33. The van der Waals surface area contributed by atoms with Crippen LogP contribution in [0.25, 0.3) is 0 Å². The number of thioether (sulfide) groups is 1. The summed E-state index contributed by atoms with van der Waals surface area (Å²) in [7, 11) is 0.296. The summed E-state index contributed by atoms with van der Waals surface area (Å²) in [6, 6.07) is 11.7. The molecule has 156 valence electrons. The van der Waals surface area contributed by atoms with Crippen LogP contribution in [-0.2, 0) is 14.8 Å². The number of hydrogen-bond acceptors (Lipinski definition) is 6. The number of aryl methyl sites for hydroxylation is 1. The molecule has 8 nitrogen and oxygen atoms in total. The largest absolute Gasteiger partial charge is 0.495 e. The third kappa shape index (κ3) is 5.96. The van der Waals surface area contributed by atoms with E-state index < -0.39 is 21.8 Å². The number of hydrazine groups is 1. The van der Waals surface area contributed by atoms with Gasteiger partial charge in [0.2, 0.25) is 15.9 Å². The molecule has 0 bridgehead atoms. The molecule has 0 aliphatic heterocycles. The number of rotatable bonds is 7. The number of nitrogens with one attached hydrogen (secondary N) is 2. The quantitative estimate of drug-likeness (QED) is 0.506. The molecule has 0 aliphatic carbocycles. The number of hydrogen-bond donors (Lipinski definition) is 2. The summed E-state index contributed by atoms with van der Waals surface area (Å²) in [5.74, 6) is -0.796. The molecule has 0 unspecified atom stereocenters. The van der Waals surface area contributed by atoms with Gasteiger partial charge in [0.05, 0.1) is 12.9 Å². The van der Waals surface area contributed by atoms with E-state index >= 15 is 0 Å². The van der Waals surface area contributed by atoms with Gasteiger partial charge in [-0.15, -0.1) is 11.8 Å². The molecule has 0 atom stereocenters. The van der Waals surface area contributed by atoms with E-state index in [1.165, 1.54) is 51.2 Å². The normalized spacial score (nSPS) is 11.2. The molecule has 0 radical (unpaired) electrons. The van der Waals surface area contributed by atoms with Gasteiger partial charge < -0.3 is 4.74 Å². The predicted octanol–water partition coefficient (Wildman–Crippen LogP) is 1.81. The van der Waals surface area contributed by atoms with Gasteiger partial charge in [-0.2, -0.15) is 0 Å². The van der Waals surface area contributed by atoms with Crippen LogP contribution in [0.3, 0.4) is 0 Å². The summed E-state index contributed by atoms with van der Waals surface area (Å²) in [5.41, 5.74) is 5.80. The number of nitrogens with zero attached hydrogens (tertiary/aromatic N) is 1. The molecule has 10 heteroatoms. The highest BCUT2D eigenvalue weighted by Gasteiger charge is 2.24. The molecular weight excluding hydrogens is 414 g/mol. The summed E-state index contributed by atoms with van der Waals surface area (Å²) in [6.45, 7) is 1.98. The minimum absolute atomic E-state index is 0.0673. The van der Waals surface area contributed by atoms with Crippen LogP contribution >= 0.6 is 11.8 Å². The number of benzene rings is 2. The van der Waals surface area contributed by atoms with E-state index in [9.17, 15) is 18.0 Å². The second kappa shape index (κ2) is 9.77. The van der Waals surface area contributed by atoms with Gasteiger partial charge in [-0.1, -0.05) is 17.7 Å². The highest BCUT2D eigenvalue weighted by molar-refractivity contribution is 8.00. The first kappa shape index (κ1) is 22.7. The Bertz CT molecular complexity index is 989. The van der Waals surface area contributed by atoms with Crippen LogP contribution in [-0.4, -0.2) is 51.5 Å². The maximum atomic E-state index is 12.4. The Morgan fingerprint density at radius 1 is 1.07 bits per heavy atom. The van der Waals surface area contributed by atoms with Crippen molar-refractivity contribution in [2.24, 2.45) is 0 Å². The number of carbonyl (C=O) groups is 2. The monoisotopic (exact) mass is 437 g/mol. The Labute approximate surface area is 174 Å². The molecule has 2 N–H and O–H groups in total. The van der Waals surface area contributed by atoms with Crippen molar-refractivity contribution in [1.82, 2.24) is 15.2 Å². The van der Waals surface area contributed by atoms with Gasteiger partial charge in [0.25, 0.3) is 5.91 Å². The number of methoxy groups -OCH3 is 1. The summed E-state index contributed by atoms with van der Waals surface area (Å²) < 4.78 is 31.0. The predicted molar refractivity (Wildman–Crippen MR) is 111 cm³/mol. The first-order chi connectivity index (χ1) is 13.6. The minimum Gasteiger partial charge on any atom is -0.495 e. The van der Waals surface area contributed by atoms with Gasteiger partial charge in [0.1, 0.15) is 10.6 Å². The van der Waals surface area contributed by atoms with Crippen LogP contribution in [0, 0.1) is 6.92 Å². The highest BCUT2D eigenvalue weighted by Crippen LogP contribution is 2.26. The smallest absolute Gasteiger partial charge is 0.269 e. The number of amides is 2. The van der Waals surface area contributed by atoms with Crippen molar-refractivity contribution >= 4 is 33.6 Å². The molecule has 0 saturated carbocycles. The fourth-order valence-corrected chi connectivity index (χ4v) is 4.01. The standard InChI is InChI=1S/C19H23N3O5S2/c1-13-5-8-15(9-6-13)28-12-18(23)20-21-19(24)14-7-10-16(27-4)17(11-14)29(25,26)22(2)3/h5-11H,12H2,1-4H3,(H,20,23)(H,21,24). The minimum atomic E-state index is -3.81. The molecule has 0 fully saturated rings. The zero-order chi connectivity index (χ0) is 21.6. The van der Waals surface area contributed by atoms with E-state index in [1.54, 1.807) is 0 Å². The van der Waals surface area contributed by atoms with Crippen LogP contribution in [0.5, 0.6) is 5.75 Å². The first-order valence-electron chi connectivity index (χ1n) is 8.54. The molecular formula is C19H23N3O5S2. The molecule has 0 aliphatic rings. The molecule has 2 aromatic rings. The number of sulfonamides is 1. The molecule has 0 saturated heterocycles. The second-order valence-corrected chi connectivity index (χ2v) is 9.43. The van der Waals surface area contributed by atoms with Crippen LogP contribution < -0.4 is 15.6 Å². The summed E-state index contributed by atoms with van der Waals surface area (Å²) in [4.78, 5) is 25.1. The van der Waals surface area contributed by atoms with E-state index in [2.05, 4.69) is 10.9 Å². The lowest BCUT2D eigenvalue weighted by Gasteiger charge is -2.15. The lowest BCUT2D eigenvalue weighted by molar-refractivity contribution is -0.119. The second-order valence-electron chi connectivity index (χ2n) is 6.26. The van der Waals surface area contributed by atoms with Gasteiger partial charge in [-0.25, -0.2) is 12.7 Å². The SMILES string of the molecule is COc1ccc(C(=O)NNC(=O)CSc2ccc(C)cc2)cc1S(=O)(=O)N(C)C. The van der Waals surface area contributed by atoms with Gasteiger partial charge in [-0.3, -0.25) is 20.4 Å². The molecule has 0 heterocycles. The molecule has 2 aromatic carbocycles. The number of ether oxygens (including phenoxy) is 1. The zero-order valence-electron chi connectivity index (χ0n) is 16.6. The topological polar surface area (TPSA) is 105 Å². The van der Waals surface area contributed by atoms with Crippen molar-refractivity contribution < 1.29 is 22.7 Å². The third-order valence-electron chi connectivity index (χ3n) is 3.89. The summed E-state index contributed by atoms with van der Waals surface area (Å²) in [6.07, 6.45) is 0. The lowest BCUT2D eigenvalue weighted by atomic mass is 10.2. The van der Waals surface area contributed by atoms with Crippen LogP contribution in [0.1, 0.15) is 15.9 Å². The Balaban J connectivity index is 2.01. The van der Waals surface area contributed by atoms with Crippen molar-refractivity contribution in [3.8, 4) is 5.75 Å². The maximum Gasteiger partial charge on any atom is 0.269 e. The average molecular weight is 438 g/mol. The fourth-order valence-electron chi connectivity index (χ4n) is 2.23. The first-order valence-corrected chi connectivity index (χ1v) is 11.0. The molecule has 0 aromatic heterocycles. The van der Waals surface area contributed by atoms with E-state index in [1.807, 2.05) is 31.2 Å². The van der Waals surface area contributed by atoms with Crippen molar-refractivity contribution in [1.29, 1.82) is 0 Å². The average Bonchev–Trinajstić information content (AvgIpc) is 2.70. The molecule has 2 rings (SSSR count). The third-order valence-corrected chi connectivity index (χ3v) is 6.74. The Morgan fingerprint density at radius 2 is 1.72 bits per heavy atom. The van der Waals surface area contributed by atoms with Gasteiger partial charge in [0.15, 0.2) is 0 Å². The van der Waals surface area contributed by atoms with Crippen molar-refractivity contribution in [3.05, 3.63) is 53.6 Å². The van der Waals surface area contributed by atoms with Gasteiger partial charge in [-0.05, 0) is 37.3 Å². The van der Waals surface area contributed by atoms with Crippen LogP contribution in [0.15, 0.2) is 52.3 Å². The van der Waals surface area contributed by atoms with E-state index in [4.69, 9.17) is 4.74 Å². The van der Waals surface area contributed by atoms with Crippen molar-refractivity contribution in [3.63, 3.8) is 0 Å². The van der Waals surface area contributed by atoms with E-state index in [0.717, 1.165) is 14.8 Å². The Kier molecular flexibility index (Phi) is 7.66. The van der Waals surface area contributed by atoms with Gasteiger partial charge in [0, 0.05) is 24.6 Å². The fraction of sp³-hybridized carbons (Fsp3) is 0.263. The van der Waals surface area contributed by atoms with Crippen LogP contribution in [0.4, 0.5) is 0 Å². The van der Waals surface area contributed by atoms with E-state index in [0.29, 0.717) is 0 Å². The highest BCUT2D eigenvalue weighted by atomic mass is 32.2. The van der Waals surface area contributed by atoms with Crippen molar-refractivity contribution in [2.45, 2.75) is 16.7 Å². The van der Waals surface area contributed by atoms with Crippen molar-refractivity contribution in [2.75, 3.05) is 27.0 Å². The Hall–Kier alpha value is -2.56. The lowest BCUT2D eigenvalue weighted by Crippen LogP contribution is -2.42.